The van der Waals surface area contributed by atoms with Crippen molar-refractivity contribution in [2.45, 2.75) is 25.4 Å². The summed E-state index contributed by atoms with van der Waals surface area (Å²) in [7, 11) is 1.77. The van der Waals surface area contributed by atoms with Gasteiger partial charge in [-0.3, -0.25) is 14.3 Å². The van der Waals surface area contributed by atoms with Crippen LogP contribution in [-0.4, -0.2) is 63.4 Å². The van der Waals surface area contributed by atoms with Gasteiger partial charge < -0.3 is 14.9 Å². The molecular formula is C19H21F3N4O4S. The third-order valence-corrected chi connectivity index (χ3v) is 6.15. The molecule has 0 saturated carbocycles. The Morgan fingerprint density at radius 1 is 1.23 bits per heavy atom. The number of nitrogens with zero attached hydrogens (tertiary/aromatic N) is 4. The van der Waals surface area contributed by atoms with E-state index in [9.17, 15) is 22.8 Å². The van der Waals surface area contributed by atoms with Gasteiger partial charge in [-0.2, -0.15) is 29.6 Å². The molecule has 1 unspecified atom stereocenters. The highest BCUT2D eigenvalue weighted by molar-refractivity contribution is 7.08. The summed E-state index contributed by atoms with van der Waals surface area (Å²) in [6.07, 6.45) is -0.905. The van der Waals surface area contributed by atoms with Crippen molar-refractivity contribution < 1.29 is 32.7 Å². The van der Waals surface area contributed by atoms with E-state index in [1.165, 1.54) is 0 Å². The third kappa shape index (κ3) is 4.73. The lowest BCUT2D eigenvalue weighted by Gasteiger charge is -2.38. The number of piperidine rings is 1. The first-order chi connectivity index (χ1) is 14.5. The minimum Gasteiger partial charge on any atom is -0.475 e. The fraction of sp³-hybridized carbons (Fsp3) is 0.474. The predicted molar refractivity (Wildman–Crippen MR) is 106 cm³/mol. The zero-order valence-electron chi connectivity index (χ0n) is 16.6. The normalized spacial score (nSPS) is 21.2. The second kappa shape index (κ2) is 8.69. The number of hydrogen-bond donors (Lipinski definition) is 1. The molecule has 2 amide bonds. The van der Waals surface area contributed by atoms with Crippen LogP contribution in [0.25, 0.3) is 0 Å². The maximum Gasteiger partial charge on any atom is 0.490 e. The number of alkyl halides is 3. The van der Waals surface area contributed by atoms with E-state index in [4.69, 9.17) is 9.90 Å². The Hall–Kier alpha value is -2.89. The van der Waals surface area contributed by atoms with Crippen LogP contribution >= 0.6 is 11.3 Å². The monoisotopic (exact) mass is 458 g/mol. The number of aromatic nitrogens is 2. The van der Waals surface area contributed by atoms with Crippen LogP contribution < -0.4 is 4.90 Å². The first-order valence-electron chi connectivity index (χ1n) is 9.47. The van der Waals surface area contributed by atoms with Gasteiger partial charge in [0.2, 0.25) is 5.91 Å². The van der Waals surface area contributed by atoms with Crippen molar-refractivity contribution in [3.63, 3.8) is 0 Å². The summed E-state index contributed by atoms with van der Waals surface area (Å²) in [5, 5.41) is 15.2. The van der Waals surface area contributed by atoms with E-state index < -0.39 is 17.6 Å². The van der Waals surface area contributed by atoms with Crippen LogP contribution in [0, 0.1) is 5.41 Å². The fourth-order valence-corrected chi connectivity index (χ4v) is 4.55. The number of aliphatic carboxylic acids is 1. The molecule has 12 heteroatoms. The quantitative estimate of drug-likeness (QED) is 0.747. The van der Waals surface area contributed by atoms with Gasteiger partial charge in [-0.15, -0.1) is 0 Å². The number of carboxylic acid groups (broad SMARTS) is 1. The molecule has 2 aliphatic heterocycles. The molecule has 0 radical (unpaired) electrons. The lowest BCUT2D eigenvalue weighted by molar-refractivity contribution is -0.192. The van der Waals surface area contributed by atoms with Crippen molar-refractivity contribution in [1.82, 2.24) is 14.7 Å². The number of carboxylic acids is 1. The second-order valence-electron chi connectivity index (χ2n) is 7.44. The Labute approximate surface area is 179 Å². The summed E-state index contributed by atoms with van der Waals surface area (Å²) in [6, 6.07) is 3.72. The van der Waals surface area contributed by atoms with Gasteiger partial charge in [0.1, 0.15) is 5.69 Å². The molecule has 2 saturated heterocycles. The van der Waals surface area contributed by atoms with Crippen LogP contribution in [0.15, 0.2) is 29.1 Å². The Kier molecular flexibility index (Phi) is 6.39. The molecule has 8 nitrogen and oxygen atoms in total. The lowest BCUT2D eigenvalue weighted by Crippen LogP contribution is -2.50. The van der Waals surface area contributed by atoms with Crippen LogP contribution in [0.2, 0.25) is 0 Å². The topological polar surface area (TPSA) is 95.7 Å². The van der Waals surface area contributed by atoms with E-state index in [0.29, 0.717) is 18.8 Å². The highest BCUT2D eigenvalue weighted by Crippen LogP contribution is 2.42. The minimum absolute atomic E-state index is 0.0316. The Bertz CT molecular complexity index is 960. The van der Waals surface area contributed by atoms with Crippen LogP contribution in [0.4, 0.5) is 18.9 Å². The number of carbonyl (C=O) groups is 3. The first-order valence-corrected chi connectivity index (χ1v) is 10.4. The van der Waals surface area contributed by atoms with Gasteiger partial charge in [0.05, 0.1) is 11.1 Å². The second-order valence-corrected chi connectivity index (χ2v) is 8.22. The van der Waals surface area contributed by atoms with E-state index in [2.05, 4.69) is 5.10 Å². The van der Waals surface area contributed by atoms with Crippen molar-refractivity contribution in [3.8, 4) is 0 Å². The summed E-state index contributed by atoms with van der Waals surface area (Å²) in [5.74, 6) is -2.62. The average molecular weight is 458 g/mol. The molecule has 2 aliphatic rings. The molecule has 1 spiro atoms. The molecule has 1 atom stereocenters. The van der Waals surface area contributed by atoms with Gasteiger partial charge in [-0.05, 0) is 36.8 Å². The van der Waals surface area contributed by atoms with E-state index in [0.717, 1.165) is 31.5 Å². The Balaban J connectivity index is 0.000000339. The highest BCUT2D eigenvalue weighted by atomic mass is 32.1. The number of halogens is 3. The standard InChI is InChI=1S/C17H20N4O2S.C2HF3O2/c1-19-14(3-7-18-19)15(22)20-8-2-5-17(12-20)6-9-21(16(17)23)13-4-10-24-11-13;3-2(4,5)1(6)7/h3-4,7,10-11H,2,5-6,8-9,12H2,1H3;(H,6,7). The molecule has 0 bridgehead atoms. The fourth-order valence-electron chi connectivity index (χ4n) is 3.91. The van der Waals surface area contributed by atoms with Crippen LogP contribution in [-0.2, 0) is 16.6 Å². The summed E-state index contributed by atoms with van der Waals surface area (Å²) >= 11 is 1.60. The molecular weight excluding hydrogens is 437 g/mol. The van der Waals surface area contributed by atoms with Crippen molar-refractivity contribution in [3.05, 3.63) is 34.8 Å². The van der Waals surface area contributed by atoms with E-state index in [1.807, 2.05) is 26.6 Å². The molecule has 4 heterocycles. The van der Waals surface area contributed by atoms with Gasteiger partial charge in [0.15, 0.2) is 0 Å². The predicted octanol–water partition coefficient (Wildman–Crippen LogP) is 2.77. The lowest BCUT2D eigenvalue weighted by atomic mass is 9.78. The maximum atomic E-state index is 13.1. The van der Waals surface area contributed by atoms with Gasteiger partial charge >= 0.3 is 12.1 Å². The number of thiophene rings is 1. The molecule has 0 aromatic carbocycles. The minimum atomic E-state index is -5.08. The zero-order valence-corrected chi connectivity index (χ0v) is 17.4. The highest BCUT2D eigenvalue weighted by Gasteiger charge is 2.50. The molecule has 168 valence electrons. The smallest absolute Gasteiger partial charge is 0.475 e. The van der Waals surface area contributed by atoms with E-state index >= 15 is 0 Å². The number of aryl methyl sites for hydroxylation is 1. The summed E-state index contributed by atoms with van der Waals surface area (Å²) in [5.41, 5.74) is 1.14. The summed E-state index contributed by atoms with van der Waals surface area (Å²) < 4.78 is 33.3. The number of likely N-dealkylation sites (tertiary alicyclic amines) is 1. The molecule has 2 aromatic heterocycles. The van der Waals surface area contributed by atoms with Gasteiger partial charge in [0, 0.05) is 38.3 Å². The van der Waals surface area contributed by atoms with Gasteiger partial charge in [0.25, 0.3) is 5.91 Å². The zero-order chi connectivity index (χ0) is 22.8. The van der Waals surface area contributed by atoms with E-state index in [1.54, 1.807) is 35.3 Å². The molecule has 2 fully saturated rings. The van der Waals surface area contributed by atoms with Gasteiger partial charge in [-0.25, -0.2) is 4.79 Å². The van der Waals surface area contributed by atoms with Crippen molar-refractivity contribution >= 4 is 34.8 Å². The number of amides is 2. The van der Waals surface area contributed by atoms with Crippen molar-refractivity contribution in [2.75, 3.05) is 24.5 Å². The summed E-state index contributed by atoms with van der Waals surface area (Å²) in [4.78, 5) is 38.5. The Morgan fingerprint density at radius 3 is 2.48 bits per heavy atom. The number of rotatable bonds is 2. The molecule has 2 aromatic rings. The third-order valence-electron chi connectivity index (χ3n) is 5.48. The van der Waals surface area contributed by atoms with Crippen LogP contribution in [0.1, 0.15) is 29.8 Å². The average Bonchev–Trinajstić information content (AvgIpc) is 3.44. The molecule has 4 rings (SSSR count). The number of anilines is 1. The number of carbonyl (C=O) groups excluding carboxylic acids is 2. The number of hydrogen-bond acceptors (Lipinski definition) is 5. The Morgan fingerprint density at radius 2 is 1.94 bits per heavy atom. The molecule has 1 N–H and O–H groups in total. The van der Waals surface area contributed by atoms with Gasteiger partial charge in [-0.1, -0.05) is 0 Å². The largest absolute Gasteiger partial charge is 0.490 e. The van der Waals surface area contributed by atoms with E-state index in [-0.39, 0.29) is 11.8 Å². The molecule has 31 heavy (non-hydrogen) atoms. The van der Waals surface area contributed by atoms with Crippen molar-refractivity contribution in [1.29, 1.82) is 0 Å². The first kappa shape index (κ1) is 22.8. The van der Waals surface area contributed by atoms with Crippen LogP contribution in [0.3, 0.4) is 0 Å². The summed E-state index contributed by atoms with van der Waals surface area (Å²) in [6.45, 7) is 1.96. The van der Waals surface area contributed by atoms with Crippen molar-refractivity contribution in [2.24, 2.45) is 12.5 Å². The van der Waals surface area contributed by atoms with Crippen LogP contribution in [0.5, 0.6) is 0 Å². The molecule has 0 aliphatic carbocycles. The SMILES string of the molecule is Cn1nccc1C(=O)N1CCCC2(CCN(c3ccsc3)C2=O)C1.O=C(O)C(F)(F)F. The maximum absolute atomic E-state index is 13.1.